The molecule has 0 aromatic heterocycles. The van der Waals surface area contributed by atoms with Crippen LogP contribution in [0.5, 0.6) is 0 Å². The van der Waals surface area contributed by atoms with Gasteiger partial charge in [-0.15, -0.1) is 0 Å². The number of carbonyl (C=O) groups excluding carboxylic acids is 2. The number of hydrogen-bond donors (Lipinski definition) is 3. The predicted octanol–water partition coefficient (Wildman–Crippen LogP) is 2.92. The van der Waals surface area contributed by atoms with Gasteiger partial charge in [-0.05, 0) is 41.0 Å². The van der Waals surface area contributed by atoms with Crippen LogP contribution in [0.25, 0.3) is 11.1 Å². The Bertz CT molecular complexity index is 955. The number of benzene rings is 3. The van der Waals surface area contributed by atoms with E-state index >= 15 is 0 Å². The van der Waals surface area contributed by atoms with Crippen molar-refractivity contribution in [2.24, 2.45) is 5.73 Å². The zero-order chi connectivity index (χ0) is 19.2. The van der Waals surface area contributed by atoms with E-state index in [1.54, 1.807) is 36.4 Å². The highest BCUT2D eigenvalue weighted by atomic mass is 16.3. The van der Waals surface area contributed by atoms with E-state index in [4.69, 9.17) is 5.73 Å². The molecule has 0 fully saturated rings. The third kappa shape index (κ3) is 4.59. The molecule has 3 rings (SSSR count). The standard InChI is InChI=1S/C22H20N2O3/c23-21(26)18-10-4-8-16(12-18)17-9-5-11-19(13-17)22(27)24-14-20(25)15-6-2-1-3-7-15/h1-13,20,25H,14H2,(H2,23,26)(H,24,27). The van der Waals surface area contributed by atoms with E-state index in [-0.39, 0.29) is 12.5 Å². The molecule has 0 aliphatic heterocycles. The topological polar surface area (TPSA) is 92.4 Å². The average Bonchev–Trinajstić information content (AvgIpc) is 2.72. The largest absolute Gasteiger partial charge is 0.387 e. The summed E-state index contributed by atoms with van der Waals surface area (Å²) in [5.41, 5.74) is 8.55. The molecule has 5 heteroatoms. The first kappa shape index (κ1) is 18.4. The van der Waals surface area contributed by atoms with Crippen LogP contribution in [0.15, 0.2) is 78.9 Å². The normalized spacial score (nSPS) is 11.6. The first-order valence-electron chi connectivity index (χ1n) is 8.56. The van der Waals surface area contributed by atoms with Gasteiger partial charge in [0, 0.05) is 17.7 Å². The Morgan fingerprint density at radius 3 is 2.07 bits per heavy atom. The lowest BCUT2D eigenvalue weighted by Gasteiger charge is -2.13. The van der Waals surface area contributed by atoms with Crippen molar-refractivity contribution < 1.29 is 14.7 Å². The van der Waals surface area contributed by atoms with Crippen molar-refractivity contribution in [2.75, 3.05) is 6.54 Å². The molecule has 4 N–H and O–H groups in total. The molecular weight excluding hydrogens is 340 g/mol. The number of carbonyl (C=O) groups is 2. The summed E-state index contributed by atoms with van der Waals surface area (Å²) in [6, 6.07) is 23.2. The van der Waals surface area contributed by atoms with Crippen LogP contribution in [0.4, 0.5) is 0 Å². The molecule has 0 radical (unpaired) electrons. The molecule has 0 saturated heterocycles. The van der Waals surface area contributed by atoms with Crippen LogP contribution in [-0.2, 0) is 0 Å². The number of amides is 2. The molecule has 0 bridgehead atoms. The fourth-order valence-corrected chi connectivity index (χ4v) is 2.78. The molecule has 0 aliphatic rings. The van der Waals surface area contributed by atoms with Crippen molar-refractivity contribution in [1.29, 1.82) is 0 Å². The van der Waals surface area contributed by atoms with Gasteiger partial charge in [0.25, 0.3) is 5.91 Å². The van der Waals surface area contributed by atoms with Crippen LogP contribution in [0.3, 0.4) is 0 Å². The van der Waals surface area contributed by atoms with Gasteiger partial charge in [0.05, 0.1) is 6.10 Å². The minimum atomic E-state index is -0.773. The average molecular weight is 360 g/mol. The molecule has 1 unspecified atom stereocenters. The molecule has 136 valence electrons. The minimum absolute atomic E-state index is 0.115. The van der Waals surface area contributed by atoms with Gasteiger partial charge in [-0.3, -0.25) is 9.59 Å². The van der Waals surface area contributed by atoms with E-state index in [1.807, 2.05) is 42.5 Å². The second-order valence-electron chi connectivity index (χ2n) is 6.16. The zero-order valence-corrected chi connectivity index (χ0v) is 14.6. The lowest BCUT2D eigenvalue weighted by molar-refractivity contribution is 0.0915. The van der Waals surface area contributed by atoms with Gasteiger partial charge in [0.15, 0.2) is 0 Å². The van der Waals surface area contributed by atoms with Crippen molar-refractivity contribution in [3.05, 3.63) is 95.6 Å². The number of hydrogen-bond acceptors (Lipinski definition) is 3. The second kappa shape index (κ2) is 8.29. The predicted molar refractivity (Wildman–Crippen MR) is 104 cm³/mol. The number of primary amides is 1. The van der Waals surface area contributed by atoms with Crippen LogP contribution in [0.2, 0.25) is 0 Å². The lowest BCUT2D eigenvalue weighted by Crippen LogP contribution is -2.28. The van der Waals surface area contributed by atoms with Gasteiger partial charge in [-0.2, -0.15) is 0 Å². The van der Waals surface area contributed by atoms with Gasteiger partial charge >= 0.3 is 0 Å². The smallest absolute Gasteiger partial charge is 0.251 e. The van der Waals surface area contributed by atoms with Crippen LogP contribution >= 0.6 is 0 Å². The van der Waals surface area contributed by atoms with E-state index in [9.17, 15) is 14.7 Å². The van der Waals surface area contributed by atoms with E-state index < -0.39 is 12.0 Å². The van der Waals surface area contributed by atoms with Gasteiger partial charge in [-0.1, -0.05) is 54.6 Å². The fraction of sp³-hybridized carbons (Fsp3) is 0.0909. The minimum Gasteiger partial charge on any atom is -0.387 e. The first-order valence-corrected chi connectivity index (χ1v) is 8.56. The Balaban J connectivity index is 1.72. The SMILES string of the molecule is NC(=O)c1cccc(-c2cccc(C(=O)NCC(O)c3ccccc3)c2)c1. The Labute approximate surface area is 157 Å². The van der Waals surface area contributed by atoms with E-state index in [0.717, 1.165) is 16.7 Å². The monoisotopic (exact) mass is 360 g/mol. The quantitative estimate of drug-likeness (QED) is 0.631. The third-order valence-electron chi connectivity index (χ3n) is 4.25. The summed E-state index contributed by atoms with van der Waals surface area (Å²) in [7, 11) is 0. The zero-order valence-electron chi connectivity index (χ0n) is 14.6. The maximum absolute atomic E-state index is 12.4. The number of aliphatic hydroxyl groups excluding tert-OH is 1. The van der Waals surface area contributed by atoms with Crippen molar-refractivity contribution in [3.63, 3.8) is 0 Å². The Kier molecular flexibility index (Phi) is 5.64. The summed E-state index contributed by atoms with van der Waals surface area (Å²) in [5, 5.41) is 12.9. The van der Waals surface area contributed by atoms with E-state index in [1.165, 1.54) is 0 Å². The molecule has 0 saturated carbocycles. The third-order valence-corrected chi connectivity index (χ3v) is 4.25. The number of aliphatic hydroxyl groups is 1. The van der Waals surface area contributed by atoms with Gasteiger partial charge in [0.2, 0.25) is 5.91 Å². The first-order chi connectivity index (χ1) is 13.0. The molecule has 3 aromatic rings. The van der Waals surface area contributed by atoms with Crippen LogP contribution in [0.1, 0.15) is 32.4 Å². The fourth-order valence-electron chi connectivity index (χ4n) is 2.78. The molecule has 0 spiro atoms. The number of nitrogens with two attached hydrogens (primary N) is 1. The summed E-state index contributed by atoms with van der Waals surface area (Å²) >= 11 is 0. The summed E-state index contributed by atoms with van der Waals surface area (Å²) in [6.45, 7) is 0.115. The number of nitrogens with one attached hydrogen (secondary N) is 1. The Hall–Kier alpha value is -3.44. The molecule has 0 aliphatic carbocycles. The van der Waals surface area contributed by atoms with E-state index in [0.29, 0.717) is 11.1 Å². The molecular formula is C22H20N2O3. The summed E-state index contributed by atoms with van der Waals surface area (Å²) in [4.78, 5) is 23.8. The molecule has 5 nitrogen and oxygen atoms in total. The van der Waals surface area contributed by atoms with Crippen molar-refractivity contribution >= 4 is 11.8 Å². The Morgan fingerprint density at radius 2 is 1.44 bits per heavy atom. The van der Waals surface area contributed by atoms with Gasteiger partial charge < -0.3 is 16.2 Å². The molecule has 2 amide bonds. The highest BCUT2D eigenvalue weighted by Gasteiger charge is 2.12. The maximum Gasteiger partial charge on any atom is 0.251 e. The van der Waals surface area contributed by atoms with Crippen molar-refractivity contribution in [1.82, 2.24) is 5.32 Å². The van der Waals surface area contributed by atoms with Crippen LogP contribution in [0, 0.1) is 0 Å². The highest BCUT2D eigenvalue weighted by Crippen LogP contribution is 2.22. The molecule has 1 atom stereocenters. The van der Waals surface area contributed by atoms with Crippen molar-refractivity contribution in [2.45, 2.75) is 6.10 Å². The Morgan fingerprint density at radius 1 is 0.852 bits per heavy atom. The summed E-state index contributed by atoms with van der Waals surface area (Å²) in [5.74, 6) is -0.779. The van der Waals surface area contributed by atoms with Crippen LogP contribution < -0.4 is 11.1 Å². The summed E-state index contributed by atoms with van der Waals surface area (Å²) in [6.07, 6.45) is -0.773. The van der Waals surface area contributed by atoms with E-state index in [2.05, 4.69) is 5.32 Å². The molecule has 0 heterocycles. The maximum atomic E-state index is 12.4. The van der Waals surface area contributed by atoms with Gasteiger partial charge in [-0.25, -0.2) is 0 Å². The lowest BCUT2D eigenvalue weighted by atomic mass is 10.0. The number of rotatable bonds is 6. The second-order valence-corrected chi connectivity index (χ2v) is 6.16. The highest BCUT2D eigenvalue weighted by molar-refractivity contribution is 5.96. The summed E-state index contributed by atoms with van der Waals surface area (Å²) < 4.78 is 0. The molecule has 27 heavy (non-hydrogen) atoms. The van der Waals surface area contributed by atoms with Gasteiger partial charge in [0.1, 0.15) is 0 Å². The molecule has 3 aromatic carbocycles. The van der Waals surface area contributed by atoms with Crippen LogP contribution in [-0.4, -0.2) is 23.5 Å². The van der Waals surface area contributed by atoms with Crippen molar-refractivity contribution in [3.8, 4) is 11.1 Å².